The second-order valence-corrected chi connectivity index (χ2v) is 4.13. The summed E-state index contributed by atoms with van der Waals surface area (Å²) in [5, 5.41) is 18.5. The summed E-state index contributed by atoms with van der Waals surface area (Å²) in [5.74, 6) is 0.496. The van der Waals surface area contributed by atoms with Gasteiger partial charge in [0.1, 0.15) is 12.4 Å². The zero-order valence-electron chi connectivity index (χ0n) is 10.2. The largest absolute Gasteiger partial charge is 0.492 e. The molecule has 0 aliphatic carbocycles. The smallest absolute Gasteiger partial charge is 0.489 e. The highest BCUT2D eigenvalue weighted by molar-refractivity contribution is 6.59. The Morgan fingerprint density at radius 3 is 2.39 bits per heavy atom. The van der Waals surface area contributed by atoms with Crippen LogP contribution in [-0.4, -0.2) is 17.2 Å². The minimum absolute atomic E-state index is 0.381. The van der Waals surface area contributed by atoms with E-state index in [0.29, 0.717) is 17.8 Å². The molecule has 0 fully saturated rings. The second kappa shape index (κ2) is 5.71. The van der Waals surface area contributed by atoms with Crippen molar-refractivity contribution < 1.29 is 14.8 Å². The minimum atomic E-state index is -1.52. The molecule has 0 aliphatic rings. The quantitative estimate of drug-likeness (QED) is 0.793. The third-order valence-corrected chi connectivity index (χ3v) is 2.84. The number of ether oxygens (including phenoxy) is 1. The zero-order valence-corrected chi connectivity index (χ0v) is 10.2. The lowest BCUT2D eigenvalue weighted by Gasteiger charge is -2.12. The Morgan fingerprint density at radius 1 is 1.00 bits per heavy atom. The lowest BCUT2D eigenvalue weighted by Crippen LogP contribution is -2.31. The zero-order chi connectivity index (χ0) is 13.0. The van der Waals surface area contributed by atoms with Crippen molar-refractivity contribution in [3.8, 4) is 5.75 Å². The van der Waals surface area contributed by atoms with Crippen LogP contribution in [0, 0.1) is 6.92 Å². The van der Waals surface area contributed by atoms with Crippen molar-refractivity contribution in [2.24, 2.45) is 0 Å². The van der Waals surface area contributed by atoms with Gasteiger partial charge in [-0.1, -0.05) is 42.5 Å². The van der Waals surface area contributed by atoms with Crippen molar-refractivity contribution in [1.82, 2.24) is 0 Å². The van der Waals surface area contributed by atoms with Crippen LogP contribution in [0.1, 0.15) is 11.1 Å². The highest BCUT2D eigenvalue weighted by atomic mass is 16.5. The Hall–Kier alpha value is -1.78. The summed E-state index contributed by atoms with van der Waals surface area (Å²) in [6.45, 7) is 2.43. The molecule has 2 aromatic rings. The molecule has 2 N–H and O–H groups in total. The summed E-state index contributed by atoms with van der Waals surface area (Å²) < 4.78 is 5.65. The molecule has 92 valence electrons. The Kier molecular flexibility index (Phi) is 4.02. The predicted octanol–water partition coefficient (Wildman–Crippen LogP) is 1.25. The standard InChI is InChI=1S/C14H15BO3/c1-11-6-2-3-7-12(11)10-18-14-9-5-4-8-13(14)15(16)17/h2-9,16-17H,10H2,1H3. The van der Waals surface area contributed by atoms with E-state index in [0.717, 1.165) is 11.1 Å². The molecular formula is C14H15BO3. The molecule has 4 heteroatoms. The number of aryl methyl sites for hydroxylation is 1. The van der Waals surface area contributed by atoms with E-state index in [-0.39, 0.29) is 0 Å². The first-order chi connectivity index (χ1) is 8.68. The first kappa shape index (κ1) is 12.7. The van der Waals surface area contributed by atoms with E-state index in [9.17, 15) is 10.0 Å². The van der Waals surface area contributed by atoms with Gasteiger partial charge in [0.25, 0.3) is 0 Å². The Balaban J connectivity index is 2.14. The topological polar surface area (TPSA) is 49.7 Å². The summed E-state index contributed by atoms with van der Waals surface area (Å²) in [7, 11) is -1.52. The van der Waals surface area contributed by atoms with E-state index < -0.39 is 7.12 Å². The van der Waals surface area contributed by atoms with Gasteiger partial charge in [-0.3, -0.25) is 0 Å². The van der Waals surface area contributed by atoms with E-state index >= 15 is 0 Å². The van der Waals surface area contributed by atoms with E-state index in [4.69, 9.17) is 4.74 Å². The number of hydrogen-bond donors (Lipinski definition) is 2. The van der Waals surface area contributed by atoms with Crippen LogP contribution < -0.4 is 10.2 Å². The van der Waals surface area contributed by atoms with Gasteiger partial charge in [0.05, 0.1) is 0 Å². The van der Waals surface area contributed by atoms with Crippen LogP contribution in [0.2, 0.25) is 0 Å². The van der Waals surface area contributed by atoms with Gasteiger partial charge in [-0.25, -0.2) is 0 Å². The summed E-state index contributed by atoms with van der Waals surface area (Å²) >= 11 is 0. The van der Waals surface area contributed by atoms with Crippen molar-refractivity contribution in [3.05, 3.63) is 59.7 Å². The summed E-state index contributed by atoms with van der Waals surface area (Å²) in [6, 6.07) is 14.9. The van der Waals surface area contributed by atoms with Gasteiger partial charge in [-0.2, -0.15) is 0 Å². The molecule has 18 heavy (non-hydrogen) atoms. The van der Waals surface area contributed by atoms with Crippen LogP contribution in [-0.2, 0) is 6.61 Å². The summed E-state index contributed by atoms with van der Waals surface area (Å²) in [4.78, 5) is 0. The number of hydrogen-bond acceptors (Lipinski definition) is 3. The van der Waals surface area contributed by atoms with Crippen molar-refractivity contribution in [1.29, 1.82) is 0 Å². The average molecular weight is 242 g/mol. The van der Waals surface area contributed by atoms with Crippen molar-refractivity contribution in [2.45, 2.75) is 13.5 Å². The van der Waals surface area contributed by atoms with Crippen LogP contribution in [0.4, 0.5) is 0 Å². The first-order valence-electron chi connectivity index (χ1n) is 5.81. The Morgan fingerprint density at radius 2 is 1.67 bits per heavy atom. The first-order valence-corrected chi connectivity index (χ1v) is 5.81. The molecule has 2 rings (SSSR count). The fourth-order valence-electron chi connectivity index (χ4n) is 1.75. The fraction of sp³-hybridized carbons (Fsp3) is 0.143. The molecule has 0 atom stereocenters. The van der Waals surface area contributed by atoms with Gasteiger partial charge in [0, 0.05) is 5.46 Å². The van der Waals surface area contributed by atoms with E-state index in [1.54, 1.807) is 24.3 Å². The van der Waals surface area contributed by atoms with Crippen molar-refractivity contribution >= 4 is 12.6 Å². The number of rotatable bonds is 4. The highest BCUT2D eigenvalue weighted by Gasteiger charge is 2.16. The van der Waals surface area contributed by atoms with Gasteiger partial charge < -0.3 is 14.8 Å². The Bertz CT molecular complexity index is 526. The molecule has 0 unspecified atom stereocenters. The molecule has 0 saturated carbocycles. The molecule has 0 aromatic heterocycles. The van der Waals surface area contributed by atoms with Crippen molar-refractivity contribution in [2.75, 3.05) is 0 Å². The molecule has 3 nitrogen and oxygen atoms in total. The maximum absolute atomic E-state index is 9.23. The van der Waals surface area contributed by atoms with Gasteiger partial charge in [-0.15, -0.1) is 0 Å². The van der Waals surface area contributed by atoms with Crippen LogP contribution in [0.15, 0.2) is 48.5 Å². The molecular weight excluding hydrogens is 227 g/mol. The van der Waals surface area contributed by atoms with Crippen LogP contribution in [0.5, 0.6) is 5.75 Å². The van der Waals surface area contributed by atoms with E-state index in [1.165, 1.54) is 0 Å². The number of benzene rings is 2. The molecule has 0 spiro atoms. The fourth-order valence-corrected chi connectivity index (χ4v) is 1.75. The van der Waals surface area contributed by atoms with E-state index in [1.807, 2.05) is 31.2 Å². The van der Waals surface area contributed by atoms with Gasteiger partial charge in [0.15, 0.2) is 0 Å². The lowest BCUT2D eigenvalue weighted by molar-refractivity contribution is 0.306. The van der Waals surface area contributed by atoms with Crippen LogP contribution in [0.25, 0.3) is 0 Å². The Labute approximate surface area is 107 Å². The van der Waals surface area contributed by atoms with Gasteiger partial charge >= 0.3 is 7.12 Å². The lowest BCUT2D eigenvalue weighted by atomic mass is 9.79. The minimum Gasteiger partial charge on any atom is -0.489 e. The third kappa shape index (κ3) is 2.91. The second-order valence-electron chi connectivity index (χ2n) is 4.13. The third-order valence-electron chi connectivity index (χ3n) is 2.84. The monoisotopic (exact) mass is 242 g/mol. The van der Waals surface area contributed by atoms with Crippen LogP contribution in [0.3, 0.4) is 0 Å². The average Bonchev–Trinajstić information content (AvgIpc) is 2.38. The normalized spacial score (nSPS) is 10.2. The SMILES string of the molecule is Cc1ccccc1COc1ccccc1B(O)O. The molecule has 0 aliphatic heterocycles. The number of para-hydroxylation sites is 1. The summed E-state index contributed by atoms with van der Waals surface area (Å²) in [5.41, 5.74) is 2.62. The van der Waals surface area contributed by atoms with Crippen molar-refractivity contribution in [3.63, 3.8) is 0 Å². The maximum Gasteiger partial charge on any atom is 0.492 e. The molecule has 2 aromatic carbocycles. The van der Waals surface area contributed by atoms with Crippen LogP contribution >= 0.6 is 0 Å². The molecule has 0 amide bonds. The van der Waals surface area contributed by atoms with E-state index in [2.05, 4.69) is 0 Å². The molecule has 0 saturated heterocycles. The molecule has 0 radical (unpaired) electrons. The van der Waals surface area contributed by atoms with Gasteiger partial charge in [0.2, 0.25) is 0 Å². The maximum atomic E-state index is 9.23. The predicted molar refractivity (Wildman–Crippen MR) is 71.8 cm³/mol. The molecule has 0 bridgehead atoms. The van der Waals surface area contributed by atoms with Gasteiger partial charge in [-0.05, 0) is 24.1 Å². The summed E-state index contributed by atoms with van der Waals surface area (Å²) in [6.07, 6.45) is 0. The molecule has 0 heterocycles. The highest BCUT2D eigenvalue weighted by Crippen LogP contribution is 2.13.